The number of carbonyl (C=O) groups is 1. The number of pyridine rings is 1. The summed E-state index contributed by atoms with van der Waals surface area (Å²) in [5, 5.41) is 9.51. The molecule has 1 aromatic rings. The van der Waals surface area contributed by atoms with Crippen LogP contribution in [-0.4, -0.2) is 40.0 Å². The van der Waals surface area contributed by atoms with Crippen LogP contribution >= 0.6 is 0 Å². The maximum Gasteiger partial charge on any atom is 0.495 e. The number of aromatic nitrogens is 1. The average Bonchev–Trinajstić information content (AvgIpc) is 2.56. The van der Waals surface area contributed by atoms with E-state index in [0.717, 1.165) is 5.46 Å². The first-order valence-corrected chi connectivity index (χ1v) is 7.70. The first-order chi connectivity index (χ1) is 10.3. The summed E-state index contributed by atoms with van der Waals surface area (Å²) in [6, 6.07) is 3.50. The van der Waals surface area contributed by atoms with Crippen molar-refractivity contribution in [3.8, 4) is 0 Å². The minimum absolute atomic E-state index is 0.359. The molecule has 6 nitrogen and oxygen atoms in total. The van der Waals surface area contributed by atoms with Crippen molar-refractivity contribution < 1.29 is 19.2 Å². The highest BCUT2D eigenvalue weighted by Crippen LogP contribution is 2.36. The molecule has 1 aromatic heterocycles. The third-order valence-electron chi connectivity index (χ3n) is 4.39. The van der Waals surface area contributed by atoms with E-state index in [4.69, 9.17) is 9.31 Å². The normalized spacial score (nSPS) is 19.7. The summed E-state index contributed by atoms with van der Waals surface area (Å²) >= 11 is 0. The number of carboxylic acid groups (broad SMARTS) is 1. The lowest BCUT2D eigenvalue weighted by molar-refractivity contribution is 0.00578. The average molecular weight is 320 g/mol. The Morgan fingerprint density at radius 1 is 1.22 bits per heavy atom. The van der Waals surface area contributed by atoms with Gasteiger partial charge >= 0.3 is 13.2 Å². The van der Waals surface area contributed by atoms with Crippen molar-refractivity contribution in [3.63, 3.8) is 0 Å². The van der Waals surface area contributed by atoms with Crippen LogP contribution in [0.25, 0.3) is 0 Å². The number of anilines is 1. The second-order valence-corrected chi connectivity index (χ2v) is 7.82. The van der Waals surface area contributed by atoms with Gasteiger partial charge in [-0.05, 0) is 66.1 Å². The first-order valence-electron chi connectivity index (χ1n) is 7.70. The Hall–Kier alpha value is -1.60. The highest BCUT2D eigenvalue weighted by Gasteiger charge is 2.51. The molecular weight excluding hydrogens is 295 g/mol. The third kappa shape index (κ3) is 3.35. The van der Waals surface area contributed by atoms with Crippen molar-refractivity contribution in [1.82, 2.24) is 4.98 Å². The van der Waals surface area contributed by atoms with E-state index in [1.54, 1.807) is 18.3 Å². The van der Waals surface area contributed by atoms with Gasteiger partial charge in [-0.25, -0.2) is 9.78 Å². The van der Waals surface area contributed by atoms with Crippen molar-refractivity contribution in [3.05, 3.63) is 18.3 Å². The summed E-state index contributed by atoms with van der Waals surface area (Å²) in [4.78, 5) is 17.1. The Kier molecular flexibility index (Phi) is 4.24. The number of nitrogens with zero attached hydrogens (tertiary/aromatic N) is 2. The zero-order valence-corrected chi connectivity index (χ0v) is 14.9. The summed E-state index contributed by atoms with van der Waals surface area (Å²) < 4.78 is 12.0. The summed E-state index contributed by atoms with van der Waals surface area (Å²) in [5.41, 5.74) is -0.744. The van der Waals surface area contributed by atoms with Gasteiger partial charge in [0, 0.05) is 11.7 Å². The van der Waals surface area contributed by atoms with E-state index in [9.17, 15) is 9.90 Å². The number of amides is 1. The number of hydrogen-bond acceptors (Lipinski definition) is 4. The summed E-state index contributed by atoms with van der Waals surface area (Å²) in [5.74, 6) is 0.359. The number of hydrogen-bond donors (Lipinski definition) is 1. The molecule has 1 amide bonds. The molecule has 1 fully saturated rings. The Morgan fingerprint density at radius 2 is 1.74 bits per heavy atom. The van der Waals surface area contributed by atoms with Crippen LogP contribution in [0.15, 0.2) is 18.3 Å². The summed E-state index contributed by atoms with van der Waals surface area (Å²) in [6.07, 6.45) is 0.535. The SMILES string of the molecule is CC(C)(C)N(C(=O)O)c1cc(B2OC(C)(C)C(C)(C)O2)ccn1. The standard InChI is InChI=1S/C16H25BN2O4/c1-14(2,3)19(13(20)21)12-10-11(8-9-18-12)17-22-15(4,5)16(6,7)23-17/h8-10H,1-7H3,(H,20,21). The highest BCUT2D eigenvalue weighted by molar-refractivity contribution is 6.62. The van der Waals surface area contributed by atoms with Crippen LogP contribution in [-0.2, 0) is 9.31 Å². The van der Waals surface area contributed by atoms with Crippen molar-refractivity contribution in [2.75, 3.05) is 4.90 Å². The van der Waals surface area contributed by atoms with Gasteiger partial charge in [0.1, 0.15) is 5.82 Å². The van der Waals surface area contributed by atoms with Crippen molar-refractivity contribution >= 4 is 24.5 Å². The largest absolute Gasteiger partial charge is 0.495 e. The monoisotopic (exact) mass is 320 g/mol. The second-order valence-electron chi connectivity index (χ2n) is 7.82. The van der Waals surface area contributed by atoms with Gasteiger partial charge in [-0.1, -0.05) is 0 Å². The molecule has 1 aliphatic heterocycles. The third-order valence-corrected chi connectivity index (χ3v) is 4.39. The Labute approximate surface area is 137 Å². The molecule has 1 saturated heterocycles. The highest BCUT2D eigenvalue weighted by atomic mass is 16.7. The quantitative estimate of drug-likeness (QED) is 0.848. The van der Waals surface area contributed by atoms with E-state index in [1.165, 1.54) is 4.90 Å². The Morgan fingerprint density at radius 3 is 2.17 bits per heavy atom. The van der Waals surface area contributed by atoms with Crippen LogP contribution in [0.3, 0.4) is 0 Å². The first kappa shape index (κ1) is 17.8. The molecule has 2 heterocycles. The lowest BCUT2D eigenvalue weighted by Gasteiger charge is -2.32. The van der Waals surface area contributed by atoms with Crippen molar-refractivity contribution in [1.29, 1.82) is 0 Å². The lowest BCUT2D eigenvalue weighted by atomic mass is 9.79. The lowest BCUT2D eigenvalue weighted by Crippen LogP contribution is -2.46. The molecule has 0 aliphatic carbocycles. The molecule has 0 radical (unpaired) electrons. The molecule has 2 rings (SSSR count). The van der Waals surface area contributed by atoms with Gasteiger partial charge in [0.25, 0.3) is 0 Å². The number of rotatable bonds is 2. The van der Waals surface area contributed by atoms with Crippen molar-refractivity contribution in [2.24, 2.45) is 0 Å². The fraction of sp³-hybridized carbons (Fsp3) is 0.625. The van der Waals surface area contributed by atoms with E-state index in [0.29, 0.717) is 5.82 Å². The molecule has 0 aromatic carbocycles. The molecule has 1 N–H and O–H groups in total. The molecule has 0 bridgehead atoms. The van der Waals surface area contributed by atoms with Crippen molar-refractivity contribution in [2.45, 2.75) is 65.2 Å². The molecule has 126 valence electrons. The van der Waals surface area contributed by atoms with Crippen LogP contribution in [0.1, 0.15) is 48.5 Å². The topological polar surface area (TPSA) is 71.9 Å². The van der Waals surface area contributed by atoms with Gasteiger partial charge in [0.15, 0.2) is 0 Å². The summed E-state index contributed by atoms with van der Waals surface area (Å²) in [6.45, 7) is 13.4. The van der Waals surface area contributed by atoms with Gasteiger partial charge in [-0.2, -0.15) is 0 Å². The molecule has 0 saturated carbocycles. The van der Waals surface area contributed by atoms with Gasteiger partial charge in [-0.15, -0.1) is 0 Å². The van der Waals surface area contributed by atoms with Crippen LogP contribution in [0.5, 0.6) is 0 Å². The van der Waals surface area contributed by atoms with Gasteiger partial charge in [0.05, 0.1) is 11.2 Å². The summed E-state index contributed by atoms with van der Waals surface area (Å²) in [7, 11) is -0.544. The Balaban J connectivity index is 2.37. The molecular formula is C16H25BN2O4. The van der Waals surface area contributed by atoms with E-state index < -0.39 is 30.0 Å². The molecule has 0 unspecified atom stereocenters. The molecule has 23 heavy (non-hydrogen) atoms. The van der Waals surface area contributed by atoms with Crippen LogP contribution in [0.2, 0.25) is 0 Å². The Bertz CT molecular complexity index is 594. The van der Waals surface area contributed by atoms with Gasteiger partial charge < -0.3 is 14.4 Å². The maximum atomic E-state index is 11.6. The minimum atomic E-state index is -1.05. The smallest absolute Gasteiger partial charge is 0.465 e. The molecule has 0 spiro atoms. The second kappa shape index (κ2) is 5.49. The molecule has 7 heteroatoms. The van der Waals surface area contributed by atoms with E-state index in [-0.39, 0.29) is 0 Å². The molecule has 0 atom stereocenters. The fourth-order valence-corrected chi connectivity index (χ4v) is 2.41. The zero-order chi connectivity index (χ0) is 17.6. The van der Waals surface area contributed by atoms with Crippen LogP contribution < -0.4 is 10.4 Å². The van der Waals surface area contributed by atoms with E-state index in [2.05, 4.69) is 4.98 Å². The predicted molar refractivity (Wildman–Crippen MR) is 90.2 cm³/mol. The predicted octanol–water partition coefficient (Wildman–Crippen LogP) is 2.66. The zero-order valence-electron chi connectivity index (χ0n) is 14.9. The van der Waals surface area contributed by atoms with Crippen LogP contribution in [0, 0.1) is 0 Å². The van der Waals surface area contributed by atoms with Crippen LogP contribution in [0.4, 0.5) is 10.6 Å². The van der Waals surface area contributed by atoms with E-state index in [1.807, 2.05) is 48.5 Å². The maximum absolute atomic E-state index is 11.6. The van der Waals surface area contributed by atoms with Gasteiger partial charge in [-0.3, -0.25) is 4.90 Å². The fourth-order valence-electron chi connectivity index (χ4n) is 2.41. The minimum Gasteiger partial charge on any atom is -0.465 e. The van der Waals surface area contributed by atoms with E-state index >= 15 is 0 Å². The van der Waals surface area contributed by atoms with Gasteiger partial charge in [0.2, 0.25) is 0 Å². The molecule has 1 aliphatic rings.